The molecule has 0 spiro atoms. The van der Waals surface area contributed by atoms with Gasteiger partial charge in [-0.3, -0.25) is 4.79 Å². The number of hydrogen-bond donors (Lipinski definition) is 2. The fourth-order valence-electron chi connectivity index (χ4n) is 2.75. The predicted molar refractivity (Wildman–Crippen MR) is 102 cm³/mol. The van der Waals surface area contributed by atoms with Crippen molar-refractivity contribution in [1.29, 1.82) is 0 Å². The molecule has 27 heavy (non-hydrogen) atoms. The van der Waals surface area contributed by atoms with Crippen LogP contribution in [0.3, 0.4) is 0 Å². The standard InChI is InChI=1S/C19H22N2O5S/c1-25-16-8-4-14(5-9-16)19(22)21-15-6-10-18(11-7-15)27(23,24)20-13-17-3-2-12-26-17/h4-11,17,20H,2-3,12-13H2,1H3,(H,21,22). The number of hydrogen-bond acceptors (Lipinski definition) is 5. The molecule has 1 saturated heterocycles. The van der Waals surface area contributed by atoms with Gasteiger partial charge in [0.15, 0.2) is 0 Å². The Morgan fingerprint density at radius 1 is 1.15 bits per heavy atom. The molecule has 1 fully saturated rings. The Morgan fingerprint density at radius 2 is 1.85 bits per heavy atom. The van der Waals surface area contributed by atoms with Crippen molar-refractivity contribution in [2.24, 2.45) is 0 Å². The lowest BCUT2D eigenvalue weighted by Gasteiger charge is -2.12. The first-order valence-electron chi connectivity index (χ1n) is 8.65. The molecule has 8 heteroatoms. The van der Waals surface area contributed by atoms with Crippen LogP contribution in [-0.2, 0) is 14.8 Å². The molecule has 1 aliphatic rings. The molecular weight excluding hydrogens is 368 g/mol. The van der Waals surface area contributed by atoms with Gasteiger partial charge < -0.3 is 14.8 Å². The van der Waals surface area contributed by atoms with E-state index in [0.29, 0.717) is 23.6 Å². The molecule has 1 atom stereocenters. The molecule has 2 aromatic rings. The first kappa shape index (κ1) is 19.3. The molecule has 0 aliphatic carbocycles. The van der Waals surface area contributed by atoms with Crippen molar-refractivity contribution in [1.82, 2.24) is 4.72 Å². The number of sulfonamides is 1. The van der Waals surface area contributed by atoms with Crippen molar-refractivity contribution < 1.29 is 22.7 Å². The van der Waals surface area contributed by atoms with Gasteiger partial charge in [0.25, 0.3) is 5.91 Å². The summed E-state index contributed by atoms with van der Waals surface area (Å²) in [6.45, 7) is 0.938. The number of methoxy groups -OCH3 is 1. The van der Waals surface area contributed by atoms with E-state index in [9.17, 15) is 13.2 Å². The van der Waals surface area contributed by atoms with Crippen LogP contribution >= 0.6 is 0 Å². The Balaban J connectivity index is 1.60. The van der Waals surface area contributed by atoms with Crippen molar-refractivity contribution in [3.8, 4) is 5.75 Å². The Bertz CT molecular complexity index is 873. The van der Waals surface area contributed by atoms with Gasteiger partial charge in [-0.05, 0) is 61.4 Å². The second-order valence-electron chi connectivity index (χ2n) is 6.19. The third-order valence-electron chi connectivity index (χ3n) is 4.30. The summed E-state index contributed by atoms with van der Waals surface area (Å²) in [6, 6.07) is 12.7. The molecule has 1 heterocycles. The number of carbonyl (C=O) groups excluding carboxylic acids is 1. The molecule has 0 radical (unpaired) electrons. The molecule has 144 valence electrons. The van der Waals surface area contributed by atoms with Crippen molar-refractivity contribution in [3.63, 3.8) is 0 Å². The van der Waals surface area contributed by atoms with E-state index in [1.807, 2.05) is 0 Å². The average Bonchev–Trinajstić information content (AvgIpc) is 3.21. The van der Waals surface area contributed by atoms with Crippen molar-refractivity contribution >= 4 is 21.6 Å². The van der Waals surface area contributed by atoms with E-state index in [0.717, 1.165) is 12.8 Å². The Hall–Kier alpha value is -2.42. The molecule has 2 N–H and O–H groups in total. The number of ether oxygens (including phenoxy) is 2. The first-order chi connectivity index (χ1) is 13.0. The number of anilines is 1. The highest BCUT2D eigenvalue weighted by Crippen LogP contribution is 2.17. The van der Waals surface area contributed by atoms with Gasteiger partial charge in [-0.25, -0.2) is 13.1 Å². The van der Waals surface area contributed by atoms with Gasteiger partial charge in [0.05, 0.1) is 18.1 Å². The topological polar surface area (TPSA) is 93.7 Å². The van der Waals surface area contributed by atoms with Crippen LogP contribution in [0.25, 0.3) is 0 Å². The lowest BCUT2D eigenvalue weighted by atomic mass is 10.2. The predicted octanol–water partition coefficient (Wildman–Crippen LogP) is 2.40. The molecule has 0 bridgehead atoms. The second kappa shape index (κ2) is 8.51. The lowest BCUT2D eigenvalue weighted by Crippen LogP contribution is -2.31. The quantitative estimate of drug-likeness (QED) is 0.757. The highest BCUT2D eigenvalue weighted by molar-refractivity contribution is 7.89. The minimum absolute atomic E-state index is 0.0668. The van der Waals surface area contributed by atoms with Crippen molar-refractivity contribution in [3.05, 3.63) is 54.1 Å². The van der Waals surface area contributed by atoms with Gasteiger partial charge in [0.1, 0.15) is 5.75 Å². The third kappa shape index (κ3) is 5.06. The summed E-state index contributed by atoms with van der Waals surface area (Å²) < 4.78 is 37.7. The average molecular weight is 390 g/mol. The maximum absolute atomic E-state index is 12.3. The molecule has 7 nitrogen and oxygen atoms in total. The van der Waals surface area contributed by atoms with Crippen LogP contribution in [0.5, 0.6) is 5.75 Å². The summed E-state index contributed by atoms with van der Waals surface area (Å²) in [5, 5.41) is 2.74. The van der Waals surface area contributed by atoms with E-state index in [4.69, 9.17) is 9.47 Å². The summed E-state index contributed by atoms with van der Waals surface area (Å²) in [5.41, 5.74) is 0.986. The lowest BCUT2D eigenvalue weighted by molar-refractivity contribution is 0.102. The van der Waals surface area contributed by atoms with E-state index in [1.54, 1.807) is 43.5 Å². The summed E-state index contributed by atoms with van der Waals surface area (Å²) in [4.78, 5) is 12.4. The van der Waals surface area contributed by atoms with Gasteiger partial charge >= 0.3 is 0 Å². The van der Waals surface area contributed by atoms with Crippen LogP contribution in [0, 0.1) is 0 Å². The summed E-state index contributed by atoms with van der Waals surface area (Å²) in [6.07, 6.45) is 1.75. The van der Waals surface area contributed by atoms with Crippen molar-refractivity contribution in [2.75, 3.05) is 25.6 Å². The zero-order valence-electron chi connectivity index (χ0n) is 15.0. The van der Waals surface area contributed by atoms with Gasteiger partial charge in [0, 0.05) is 24.4 Å². The second-order valence-corrected chi connectivity index (χ2v) is 7.96. The fourth-order valence-corrected chi connectivity index (χ4v) is 3.82. The molecule has 3 rings (SSSR count). The normalized spacial score (nSPS) is 16.9. The first-order valence-corrected chi connectivity index (χ1v) is 10.1. The van der Waals surface area contributed by atoms with Crippen LogP contribution < -0.4 is 14.8 Å². The van der Waals surface area contributed by atoms with Crippen LogP contribution in [0.15, 0.2) is 53.4 Å². The highest BCUT2D eigenvalue weighted by Gasteiger charge is 2.20. The van der Waals surface area contributed by atoms with Crippen LogP contribution in [0.4, 0.5) is 5.69 Å². The molecule has 1 amide bonds. The van der Waals surface area contributed by atoms with Gasteiger partial charge in [0.2, 0.25) is 10.0 Å². The molecule has 2 aromatic carbocycles. The number of rotatable bonds is 7. The summed E-state index contributed by atoms with van der Waals surface area (Å²) in [7, 11) is -2.05. The molecule has 0 aromatic heterocycles. The molecule has 1 unspecified atom stereocenters. The fraction of sp³-hybridized carbons (Fsp3) is 0.316. The SMILES string of the molecule is COc1ccc(C(=O)Nc2ccc(S(=O)(=O)NCC3CCCO3)cc2)cc1. The highest BCUT2D eigenvalue weighted by atomic mass is 32.2. The van der Waals surface area contributed by atoms with E-state index in [2.05, 4.69) is 10.0 Å². The van der Waals surface area contributed by atoms with Crippen LogP contribution in [0.1, 0.15) is 23.2 Å². The minimum Gasteiger partial charge on any atom is -0.497 e. The van der Waals surface area contributed by atoms with Crippen LogP contribution in [0.2, 0.25) is 0 Å². The Labute approximate surface area is 158 Å². The van der Waals surface area contributed by atoms with Crippen molar-refractivity contribution in [2.45, 2.75) is 23.8 Å². The smallest absolute Gasteiger partial charge is 0.255 e. The number of carbonyl (C=O) groups is 1. The van der Waals surface area contributed by atoms with Gasteiger partial charge in [-0.2, -0.15) is 0 Å². The largest absolute Gasteiger partial charge is 0.497 e. The van der Waals surface area contributed by atoms with E-state index < -0.39 is 10.0 Å². The van der Waals surface area contributed by atoms with E-state index in [1.165, 1.54) is 12.1 Å². The third-order valence-corrected chi connectivity index (χ3v) is 5.74. The van der Waals surface area contributed by atoms with Crippen LogP contribution in [-0.4, -0.2) is 40.7 Å². The number of nitrogens with one attached hydrogen (secondary N) is 2. The van der Waals surface area contributed by atoms with Gasteiger partial charge in [-0.1, -0.05) is 0 Å². The van der Waals surface area contributed by atoms with E-state index in [-0.39, 0.29) is 23.5 Å². The summed E-state index contributed by atoms with van der Waals surface area (Å²) in [5.74, 6) is 0.376. The molecule has 1 aliphatic heterocycles. The molecule has 0 saturated carbocycles. The maximum Gasteiger partial charge on any atom is 0.255 e. The monoisotopic (exact) mass is 390 g/mol. The zero-order chi connectivity index (χ0) is 19.3. The Kier molecular flexibility index (Phi) is 6.10. The maximum atomic E-state index is 12.3. The van der Waals surface area contributed by atoms with E-state index >= 15 is 0 Å². The van der Waals surface area contributed by atoms with Gasteiger partial charge in [-0.15, -0.1) is 0 Å². The minimum atomic E-state index is -3.61. The summed E-state index contributed by atoms with van der Waals surface area (Å²) >= 11 is 0. The number of benzene rings is 2. The molecular formula is C19H22N2O5S. The number of amides is 1. The Morgan fingerprint density at radius 3 is 2.44 bits per heavy atom. The zero-order valence-corrected chi connectivity index (χ0v) is 15.8.